The Hall–Kier alpha value is -1.49. The van der Waals surface area contributed by atoms with Gasteiger partial charge in [0.2, 0.25) is 0 Å². The van der Waals surface area contributed by atoms with Gasteiger partial charge in [-0.1, -0.05) is 17.7 Å². The Morgan fingerprint density at radius 2 is 1.86 bits per heavy atom. The van der Waals surface area contributed by atoms with Crippen LogP contribution < -0.4 is 15.2 Å². The number of hydrogen-bond acceptors (Lipinski definition) is 3. The highest BCUT2D eigenvalue weighted by molar-refractivity contribution is 6.30. The zero-order chi connectivity index (χ0) is 14.5. The van der Waals surface area contributed by atoms with Crippen LogP contribution in [0, 0.1) is 5.82 Å². The van der Waals surface area contributed by atoms with Crippen molar-refractivity contribution in [2.75, 3.05) is 20.3 Å². The summed E-state index contributed by atoms with van der Waals surface area (Å²) in [5.41, 5.74) is 6.87. The summed E-state index contributed by atoms with van der Waals surface area (Å²) in [4.78, 5) is 0. The van der Waals surface area contributed by atoms with E-state index in [4.69, 9.17) is 26.8 Å². The number of methoxy groups -OCH3 is 1. The molecule has 0 unspecified atom stereocenters. The van der Waals surface area contributed by atoms with Gasteiger partial charge in [-0.2, -0.15) is 0 Å². The van der Waals surface area contributed by atoms with Crippen molar-refractivity contribution in [3.8, 4) is 22.6 Å². The monoisotopic (exact) mass is 331 g/mol. The maximum Gasteiger partial charge on any atom is 0.161 e. The van der Waals surface area contributed by atoms with Crippen LogP contribution in [-0.4, -0.2) is 20.3 Å². The van der Waals surface area contributed by atoms with Gasteiger partial charge in [0.1, 0.15) is 12.4 Å². The molecule has 0 heterocycles. The van der Waals surface area contributed by atoms with Crippen LogP contribution in [-0.2, 0) is 0 Å². The summed E-state index contributed by atoms with van der Waals surface area (Å²) in [5, 5.41) is 0.349. The molecule has 21 heavy (non-hydrogen) atoms. The number of halogens is 3. The number of nitrogens with two attached hydrogens (primary N) is 1. The van der Waals surface area contributed by atoms with Crippen LogP contribution in [0.4, 0.5) is 4.39 Å². The highest BCUT2D eigenvalue weighted by Gasteiger charge is 2.08. The van der Waals surface area contributed by atoms with E-state index in [1.54, 1.807) is 25.3 Å². The summed E-state index contributed by atoms with van der Waals surface area (Å²) in [7, 11) is 1.55. The van der Waals surface area contributed by atoms with E-state index in [0.29, 0.717) is 35.2 Å². The third-order valence-electron chi connectivity index (χ3n) is 2.73. The first-order valence-electron chi connectivity index (χ1n) is 6.11. The van der Waals surface area contributed by atoms with Gasteiger partial charge in [-0.15, -0.1) is 12.4 Å². The normalized spacial score (nSPS) is 9.90. The number of benzene rings is 2. The van der Waals surface area contributed by atoms with E-state index in [-0.39, 0.29) is 18.2 Å². The van der Waals surface area contributed by atoms with Gasteiger partial charge < -0.3 is 15.2 Å². The van der Waals surface area contributed by atoms with Crippen LogP contribution in [0.3, 0.4) is 0 Å². The van der Waals surface area contributed by atoms with Gasteiger partial charge in [0.15, 0.2) is 11.5 Å². The Balaban J connectivity index is 0.00000220. The molecule has 2 rings (SSSR count). The highest BCUT2D eigenvalue weighted by Crippen LogP contribution is 2.33. The van der Waals surface area contributed by atoms with Crippen LogP contribution in [0.1, 0.15) is 0 Å². The molecule has 0 saturated carbocycles. The average Bonchev–Trinajstić information content (AvgIpc) is 2.43. The second kappa shape index (κ2) is 8.08. The topological polar surface area (TPSA) is 44.5 Å². The summed E-state index contributed by atoms with van der Waals surface area (Å²) in [6.45, 7) is 0.825. The molecular weight excluding hydrogens is 316 g/mol. The third kappa shape index (κ3) is 4.49. The SMILES string of the molecule is COc1cc(-c2cc(F)cc(Cl)c2)ccc1OCCN.Cl. The molecule has 0 aliphatic heterocycles. The minimum Gasteiger partial charge on any atom is -0.493 e. The number of ether oxygens (including phenoxy) is 2. The van der Waals surface area contributed by atoms with Crippen molar-refractivity contribution in [1.82, 2.24) is 0 Å². The maximum atomic E-state index is 13.4. The molecule has 114 valence electrons. The standard InChI is InChI=1S/C15H15ClFNO2.ClH/c1-19-15-8-10(2-3-14(15)20-5-4-18)11-6-12(16)9-13(17)7-11;/h2-3,6-9H,4-5,18H2,1H3;1H. The Bertz CT molecular complexity index is 588. The van der Waals surface area contributed by atoms with E-state index < -0.39 is 0 Å². The van der Waals surface area contributed by atoms with E-state index in [1.165, 1.54) is 12.1 Å². The molecule has 2 N–H and O–H groups in total. The molecule has 0 saturated heterocycles. The van der Waals surface area contributed by atoms with E-state index in [9.17, 15) is 4.39 Å². The van der Waals surface area contributed by atoms with Gasteiger partial charge in [-0.25, -0.2) is 4.39 Å². The van der Waals surface area contributed by atoms with Crippen molar-refractivity contribution in [2.45, 2.75) is 0 Å². The lowest BCUT2D eigenvalue weighted by Crippen LogP contribution is -2.11. The Kier molecular flexibility index (Phi) is 6.75. The second-order valence-electron chi connectivity index (χ2n) is 4.16. The summed E-state index contributed by atoms with van der Waals surface area (Å²) in [6.07, 6.45) is 0. The van der Waals surface area contributed by atoms with Crippen LogP contribution in [0.25, 0.3) is 11.1 Å². The van der Waals surface area contributed by atoms with Crippen LogP contribution >= 0.6 is 24.0 Å². The average molecular weight is 332 g/mol. The van der Waals surface area contributed by atoms with Gasteiger partial charge in [0, 0.05) is 11.6 Å². The van der Waals surface area contributed by atoms with Crippen molar-refractivity contribution >= 4 is 24.0 Å². The van der Waals surface area contributed by atoms with Crippen molar-refractivity contribution in [1.29, 1.82) is 0 Å². The van der Waals surface area contributed by atoms with Crippen LogP contribution in [0.5, 0.6) is 11.5 Å². The third-order valence-corrected chi connectivity index (χ3v) is 2.95. The van der Waals surface area contributed by atoms with Gasteiger partial charge in [0.25, 0.3) is 0 Å². The molecule has 0 aliphatic rings. The summed E-state index contributed by atoms with van der Waals surface area (Å²) in [6, 6.07) is 9.74. The van der Waals surface area contributed by atoms with E-state index in [1.807, 2.05) is 6.07 Å². The molecule has 0 fully saturated rings. The van der Waals surface area contributed by atoms with Gasteiger partial charge in [-0.3, -0.25) is 0 Å². The molecule has 0 spiro atoms. The van der Waals surface area contributed by atoms with Crippen LogP contribution in [0.2, 0.25) is 5.02 Å². The van der Waals surface area contributed by atoms with Crippen molar-refractivity contribution in [2.24, 2.45) is 5.73 Å². The van der Waals surface area contributed by atoms with Crippen LogP contribution in [0.15, 0.2) is 36.4 Å². The fourth-order valence-electron chi connectivity index (χ4n) is 1.86. The fraction of sp³-hybridized carbons (Fsp3) is 0.200. The van der Waals surface area contributed by atoms with Crippen molar-refractivity contribution in [3.05, 3.63) is 47.2 Å². The zero-order valence-corrected chi connectivity index (χ0v) is 13.0. The lowest BCUT2D eigenvalue weighted by atomic mass is 10.1. The number of rotatable bonds is 5. The molecule has 6 heteroatoms. The predicted molar refractivity (Wildman–Crippen MR) is 85.2 cm³/mol. The molecule has 0 atom stereocenters. The lowest BCUT2D eigenvalue weighted by Gasteiger charge is -2.12. The molecule has 0 aliphatic carbocycles. The molecule has 3 nitrogen and oxygen atoms in total. The highest BCUT2D eigenvalue weighted by atomic mass is 35.5. The summed E-state index contributed by atoms with van der Waals surface area (Å²) >= 11 is 5.86. The first-order valence-corrected chi connectivity index (χ1v) is 6.49. The largest absolute Gasteiger partial charge is 0.493 e. The number of hydrogen-bond donors (Lipinski definition) is 1. The minimum atomic E-state index is -0.380. The molecule has 0 aromatic heterocycles. The molecular formula is C15H16Cl2FNO2. The zero-order valence-electron chi connectivity index (χ0n) is 11.4. The van der Waals surface area contributed by atoms with E-state index >= 15 is 0 Å². The molecule has 0 radical (unpaired) electrons. The molecule has 0 bridgehead atoms. The predicted octanol–water partition coefficient (Wildman–Crippen LogP) is 3.91. The summed E-state index contributed by atoms with van der Waals surface area (Å²) in [5.74, 6) is 0.787. The second-order valence-corrected chi connectivity index (χ2v) is 4.60. The Morgan fingerprint density at radius 1 is 1.10 bits per heavy atom. The maximum absolute atomic E-state index is 13.4. The quantitative estimate of drug-likeness (QED) is 0.903. The van der Waals surface area contributed by atoms with E-state index in [0.717, 1.165) is 5.56 Å². The first kappa shape index (κ1) is 17.6. The van der Waals surface area contributed by atoms with E-state index in [2.05, 4.69) is 0 Å². The van der Waals surface area contributed by atoms with Gasteiger partial charge in [0.05, 0.1) is 7.11 Å². The molecule has 2 aromatic carbocycles. The minimum absolute atomic E-state index is 0. The smallest absolute Gasteiger partial charge is 0.161 e. The molecule has 0 amide bonds. The Morgan fingerprint density at radius 3 is 2.48 bits per heavy atom. The van der Waals surface area contributed by atoms with Gasteiger partial charge in [-0.05, 0) is 41.5 Å². The lowest BCUT2D eigenvalue weighted by molar-refractivity contribution is 0.302. The fourth-order valence-corrected chi connectivity index (χ4v) is 2.08. The van der Waals surface area contributed by atoms with Crippen molar-refractivity contribution < 1.29 is 13.9 Å². The molecule has 2 aromatic rings. The van der Waals surface area contributed by atoms with Crippen molar-refractivity contribution in [3.63, 3.8) is 0 Å². The first-order chi connectivity index (χ1) is 9.63. The summed E-state index contributed by atoms with van der Waals surface area (Å²) < 4.78 is 24.1. The van der Waals surface area contributed by atoms with Gasteiger partial charge >= 0.3 is 0 Å². The Labute approximate surface area is 134 Å².